The van der Waals surface area contributed by atoms with E-state index in [1.165, 1.54) is 43.9 Å². The zero-order chi connectivity index (χ0) is 27.3. The van der Waals surface area contributed by atoms with Crippen molar-refractivity contribution in [2.75, 3.05) is 6.61 Å². The number of carbonyl (C=O) groups excluding carboxylic acids is 2. The minimum Gasteiger partial charge on any atom is -0.507 e. The number of phenols is 2. The van der Waals surface area contributed by atoms with E-state index in [0.29, 0.717) is 12.4 Å². The zero-order valence-electron chi connectivity index (χ0n) is 22.9. The van der Waals surface area contributed by atoms with Gasteiger partial charge in [0.2, 0.25) is 0 Å². The Hall–Kier alpha value is -3.22. The van der Waals surface area contributed by atoms with Crippen LogP contribution in [0.25, 0.3) is 0 Å². The van der Waals surface area contributed by atoms with Crippen LogP contribution in [0.2, 0.25) is 0 Å². The van der Waals surface area contributed by atoms with Crippen molar-refractivity contribution in [3.63, 3.8) is 0 Å². The molecule has 0 aromatic heterocycles. The van der Waals surface area contributed by atoms with E-state index in [2.05, 4.69) is 38.5 Å². The number of rotatable bonds is 15. The van der Waals surface area contributed by atoms with Gasteiger partial charge in [-0.1, -0.05) is 85.1 Å². The number of nitrogens with one attached hydrogen (secondary N) is 2. The molecular weight excluding hydrogens is 468 g/mol. The van der Waals surface area contributed by atoms with Crippen LogP contribution in [0.4, 0.5) is 0 Å². The van der Waals surface area contributed by atoms with Gasteiger partial charge in [-0.05, 0) is 48.1 Å². The minimum absolute atomic E-state index is 0.00208. The van der Waals surface area contributed by atoms with Gasteiger partial charge in [-0.25, -0.2) is 0 Å². The van der Waals surface area contributed by atoms with Crippen LogP contribution in [-0.4, -0.2) is 28.6 Å². The highest BCUT2D eigenvalue weighted by molar-refractivity contribution is 6.01. The Bertz CT molecular complexity index is 1020. The summed E-state index contributed by atoms with van der Waals surface area (Å²) < 4.78 is 5.68. The standard InChI is InChI=1S/C30H44N2O5/c1-5-7-9-10-11-13-19-37-23-15-16-24(27(34)21-23)28(35)31-32-29(36)25-20-22(14-17-26(25)33)30(3,4)18-12-8-6-2/h14-17,20-21,33-34H,5-13,18-19H2,1-4H3,(H,31,35)(H,32,36). The number of amides is 2. The quantitative estimate of drug-likeness (QED) is 0.156. The van der Waals surface area contributed by atoms with E-state index in [0.717, 1.165) is 44.1 Å². The smallest absolute Gasteiger partial charge is 0.273 e. The molecule has 0 radical (unpaired) electrons. The van der Waals surface area contributed by atoms with Gasteiger partial charge in [0.05, 0.1) is 17.7 Å². The van der Waals surface area contributed by atoms with E-state index < -0.39 is 11.8 Å². The summed E-state index contributed by atoms with van der Waals surface area (Å²) in [6.07, 6.45) is 11.2. The molecule has 0 bridgehead atoms. The van der Waals surface area contributed by atoms with Crippen LogP contribution >= 0.6 is 0 Å². The van der Waals surface area contributed by atoms with Crippen molar-refractivity contribution < 1.29 is 24.5 Å². The van der Waals surface area contributed by atoms with Crippen LogP contribution in [0.5, 0.6) is 17.2 Å². The largest absolute Gasteiger partial charge is 0.507 e. The van der Waals surface area contributed by atoms with Gasteiger partial charge in [0.25, 0.3) is 11.8 Å². The predicted octanol–water partition coefficient (Wildman–Crippen LogP) is 6.77. The summed E-state index contributed by atoms with van der Waals surface area (Å²) in [4.78, 5) is 25.3. The summed E-state index contributed by atoms with van der Waals surface area (Å²) in [5.41, 5.74) is 5.50. The molecule has 0 fully saturated rings. The van der Waals surface area contributed by atoms with Crippen LogP contribution in [0.15, 0.2) is 36.4 Å². The van der Waals surface area contributed by atoms with Crippen molar-refractivity contribution in [2.24, 2.45) is 0 Å². The summed E-state index contributed by atoms with van der Waals surface area (Å²) in [5, 5.41) is 20.6. The second-order valence-corrected chi connectivity index (χ2v) is 10.3. The van der Waals surface area contributed by atoms with Crippen molar-refractivity contribution in [1.29, 1.82) is 0 Å². The Morgan fingerprint density at radius 2 is 1.38 bits per heavy atom. The van der Waals surface area contributed by atoms with Crippen molar-refractivity contribution in [2.45, 2.75) is 97.3 Å². The SMILES string of the molecule is CCCCCCCCOc1ccc(C(=O)NNC(=O)c2cc(C(C)(C)CCCCC)ccc2O)c(O)c1. The summed E-state index contributed by atoms with van der Waals surface area (Å²) in [6, 6.07) is 9.45. The monoisotopic (exact) mass is 512 g/mol. The molecule has 2 aromatic carbocycles. The number of ether oxygens (including phenoxy) is 1. The maximum absolute atomic E-state index is 12.7. The molecule has 0 saturated heterocycles. The third kappa shape index (κ3) is 9.63. The first-order valence-electron chi connectivity index (χ1n) is 13.6. The molecule has 7 heteroatoms. The molecule has 7 nitrogen and oxygen atoms in total. The molecule has 0 aliphatic carbocycles. The molecular formula is C30H44N2O5. The number of benzene rings is 2. The highest BCUT2D eigenvalue weighted by Crippen LogP contribution is 2.32. The summed E-state index contributed by atoms with van der Waals surface area (Å²) in [7, 11) is 0. The third-order valence-electron chi connectivity index (χ3n) is 6.70. The molecule has 4 N–H and O–H groups in total. The number of hydrogen-bond donors (Lipinski definition) is 4. The molecule has 2 aromatic rings. The van der Waals surface area contributed by atoms with E-state index in [9.17, 15) is 19.8 Å². The van der Waals surface area contributed by atoms with Crippen LogP contribution < -0.4 is 15.6 Å². The molecule has 2 rings (SSSR count). The maximum atomic E-state index is 12.7. The molecule has 0 atom stereocenters. The van der Waals surface area contributed by atoms with Crippen molar-refractivity contribution >= 4 is 11.8 Å². The number of phenolic OH excluding ortho intramolecular Hbond substituents is 2. The van der Waals surface area contributed by atoms with Gasteiger partial charge in [0.1, 0.15) is 17.2 Å². The number of carbonyl (C=O) groups is 2. The third-order valence-corrected chi connectivity index (χ3v) is 6.70. The van der Waals surface area contributed by atoms with Gasteiger partial charge < -0.3 is 14.9 Å². The van der Waals surface area contributed by atoms with Crippen LogP contribution in [0, 0.1) is 0 Å². The fraction of sp³-hybridized carbons (Fsp3) is 0.533. The summed E-state index contributed by atoms with van der Waals surface area (Å²) in [5.74, 6) is -1.25. The minimum atomic E-state index is -0.677. The lowest BCUT2D eigenvalue weighted by molar-refractivity contribution is 0.0843. The Balaban J connectivity index is 1.92. The number of hydrazine groups is 1. The normalized spacial score (nSPS) is 11.2. The Labute approximate surface area is 221 Å². The zero-order valence-corrected chi connectivity index (χ0v) is 22.9. The molecule has 37 heavy (non-hydrogen) atoms. The number of unbranched alkanes of at least 4 members (excludes halogenated alkanes) is 7. The average molecular weight is 513 g/mol. The first kappa shape index (κ1) is 30.0. The molecule has 0 heterocycles. The van der Waals surface area contributed by atoms with E-state index in [-0.39, 0.29) is 28.0 Å². The lowest BCUT2D eigenvalue weighted by atomic mass is 9.79. The average Bonchev–Trinajstić information content (AvgIpc) is 2.87. The van der Waals surface area contributed by atoms with Gasteiger partial charge in [-0.15, -0.1) is 0 Å². The van der Waals surface area contributed by atoms with E-state index in [1.54, 1.807) is 12.1 Å². The van der Waals surface area contributed by atoms with Crippen LogP contribution in [0.3, 0.4) is 0 Å². The molecule has 2 amide bonds. The number of hydrogen-bond acceptors (Lipinski definition) is 5. The van der Waals surface area contributed by atoms with Gasteiger partial charge >= 0.3 is 0 Å². The first-order chi connectivity index (χ1) is 17.7. The lowest BCUT2D eigenvalue weighted by Gasteiger charge is -2.26. The first-order valence-corrected chi connectivity index (χ1v) is 13.6. The van der Waals surface area contributed by atoms with Gasteiger partial charge in [0.15, 0.2) is 0 Å². The fourth-order valence-electron chi connectivity index (χ4n) is 4.21. The van der Waals surface area contributed by atoms with Gasteiger partial charge in [-0.2, -0.15) is 0 Å². The molecule has 0 aliphatic rings. The summed E-state index contributed by atoms with van der Waals surface area (Å²) in [6.45, 7) is 9.12. The Morgan fingerprint density at radius 3 is 2.05 bits per heavy atom. The topological polar surface area (TPSA) is 108 Å². The Morgan fingerprint density at radius 1 is 0.757 bits per heavy atom. The van der Waals surface area contributed by atoms with E-state index in [1.807, 2.05) is 6.07 Å². The second-order valence-electron chi connectivity index (χ2n) is 10.3. The van der Waals surface area contributed by atoms with Crippen molar-refractivity contribution in [3.05, 3.63) is 53.1 Å². The van der Waals surface area contributed by atoms with Crippen molar-refractivity contribution in [3.8, 4) is 17.2 Å². The van der Waals surface area contributed by atoms with Gasteiger partial charge in [0, 0.05) is 6.07 Å². The molecule has 204 valence electrons. The van der Waals surface area contributed by atoms with E-state index in [4.69, 9.17) is 4.74 Å². The molecule has 0 aliphatic heterocycles. The fourth-order valence-corrected chi connectivity index (χ4v) is 4.21. The predicted molar refractivity (Wildman–Crippen MR) is 147 cm³/mol. The highest BCUT2D eigenvalue weighted by Gasteiger charge is 2.23. The molecule has 0 unspecified atom stereocenters. The van der Waals surface area contributed by atoms with Gasteiger partial charge in [-0.3, -0.25) is 20.4 Å². The Kier molecular flexibility index (Phi) is 12.3. The summed E-state index contributed by atoms with van der Waals surface area (Å²) >= 11 is 0. The maximum Gasteiger partial charge on any atom is 0.273 e. The van der Waals surface area contributed by atoms with Crippen LogP contribution in [-0.2, 0) is 5.41 Å². The van der Waals surface area contributed by atoms with Crippen molar-refractivity contribution in [1.82, 2.24) is 10.9 Å². The lowest BCUT2D eigenvalue weighted by Crippen LogP contribution is -2.41. The molecule has 0 spiro atoms. The van der Waals surface area contributed by atoms with E-state index >= 15 is 0 Å². The second kappa shape index (κ2) is 15.1. The number of aromatic hydroxyl groups is 2. The highest BCUT2D eigenvalue weighted by atomic mass is 16.5. The van der Waals surface area contributed by atoms with Crippen LogP contribution in [0.1, 0.15) is 118 Å². The molecule has 0 saturated carbocycles.